The first-order valence-corrected chi connectivity index (χ1v) is 6.63. The molecular weight excluding hydrogens is 285 g/mol. The van der Waals surface area contributed by atoms with Crippen LogP contribution in [0.3, 0.4) is 0 Å². The van der Waals surface area contributed by atoms with Crippen LogP contribution in [-0.2, 0) is 0 Å². The molecule has 0 aliphatic heterocycles. The maximum Gasteiger partial charge on any atom is 0.252 e. The summed E-state index contributed by atoms with van der Waals surface area (Å²) in [6.45, 7) is 2.03. The van der Waals surface area contributed by atoms with Crippen LogP contribution in [0, 0.1) is 11.7 Å². The van der Waals surface area contributed by atoms with Crippen molar-refractivity contribution in [1.82, 2.24) is 5.32 Å². The third kappa shape index (κ3) is 2.86. The second-order valence-electron chi connectivity index (χ2n) is 4.58. The van der Waals surface area contributed by atoms with Crippen molar-refractivity contribution in [2.24, 2.45) is 5.92 Å². The fraction of sp³-hybridized carbons (Fsp3) is 0.462. The number of hydrogen-bond donors (Lipinski definition) is 1. The average molecular weight is 300 g/mol. The fourth-order valence-corrected chi connectivity index (χ4v) is 2.55. The molecule has 0 heterocycles. The van der Waals surface area contributed by atoms with Crippen LogP contribution in [0.2, 0.25) is 0 Å². The van der Waals surface area contributed by atoms with Crippen LogP contribution in [-0.4, -0.2) is 11.9 Å². The van der Waals surface area contributed by atoms with Crippen LogP contribution in [0.5, 0.6) is 0 Å². The molecule has 1 aromatic rings. The Balaban J connectivity index is 2.03. The minimum absolute atomic E-state index is 0.142. The summed E-state index contributed by atoms with van der Waals surface area (Å²) in [5, 5.41) is 2.97. The van der Waals surface area contributed by atoms with E-state index in [2.05, 4.69) is 21.2 Å². The lowest BCUT2D eigenvalue weighted by atomic mass is 9.80. The summed E-state index contributed by atoms with van der Waals surface area (Å²) in [6.07, 6.45) is 3.63. The van der Waals surface area contributed by atoms with E-state index in [1.54, 1.807) is 0 Å². The number of benzene rings is 1. The van der Waals surface area contributed by atoms with Gasteiger partial charge < -0.3 is 5.32 Å². The van der Waals surface area contributed by atoms with Crippen molar-refractivity contribution < 1.29 is 9.18 Å². The number of nitrogens with one attached hydrogen (secondary N) is 1. The molecule has 1 aliphatic rings. The first-order chi connectivity index (χ1) is 8.08. The lowest BCUT2D eigenvalue weighted by molar-refractivity contribution is 0.0908. The van der Waals surface area contributed by atoms with E-state index in [1.807, 2.05) is 6.92 Å². The second kappa shape index (κ2) is 5.17. The molecule has 1 amide bonds. The lowest BCUT2D eigenvalue weighted by Gasteiger charge is -2.31. The molecule has 1 aromatic carbocycles. The quantitative estimate of drug-likeness (QED) is 0.909. The SMILES string of the molecule is CC(NC(=O)c1ccc(F)cc1Br)C1CCC1. The van der Waals surface area contributed by atoms with Gasteiger partial charge in [-0.25, -0.2) is 4.39 Å². The van der Waals surface area contributed by atoms with Crippen molar-refractivity contribution in [2.45, 2.75) is 32.2 Å². The molecule has 0 radical (unpaired) electrons. The van der Waals surface area contributed by atoms with Gasteiger partial charge in [0.2, 0.25) is 0 Å². The molecule has 1 fully saturated rings. The smallest absolute Gasteiger partial charge is 0.252 e. The van der Waals surface area contributed by atoms with Gasteiger partial charge in [-0.15, -0.1) is 0 Å². The molecule has 1 atom stereocenters. The topological polar surface area (TPSA) is 29.1 Å². The number of carbonyl (C=O) groups excluding carboxylic acids is 1. The van der Waals surface area contributed by atoms with Crippen LogP contribution >= 0.6 is 15.9 Å². The molecule has 4 heteroatoms. The zero-order valence-electron chi connectivity index (χ0n) is 9.67. The van der Waals surface area contributed by atoms with Crippen molar-refractivity contribution >= 4 is 21.8 Å². The van der Waals surface area contributed by atoms with E-state index in [0.29, 0.717) is 16.0 Å². The Morgan fingerprint density at radius 1 is 1.53 bits per heavy atom. The average Bonchev–Trinajstić information content (AvgIpc) is 2.13. The largest absolute Gasteiger partial charge is 0.349 e. The third-order valence-corrected chi connectivity index (χ3v) is 4.05. The Hall–Kier alpha value is -0.900. The van der Waals surface area contributed by atoms with Gasteiger partial charge in [-0.2, -0.15) is 0 Å². The van der Waals surface area contributed by atoms with Crippen LogP contribution in [0.15, 0.2) is 22.7 Å². The molecule has 0 bridgehead atoms. The van der Waals surface area contributed by atoms with Crippen molar-refractivity contribution in [2.75, 3.05) is 0 Å². The summed E-state index contributed by atoms with van der Waals surface area (Å²) in [6, 6.07) is 4.30. The highest BCUT2D eigenvalue weighted by Gasteiger charge is 2.25. The lowest BCUT2D eigenvalue weighted by Crippen LogP contribution is -2.40. The van der Waals surface area contributed by atoms with Gasteiger partial charge in [0.25, 0.3) is 5.91 Å². The fourth-order valence-electron chi connectivity index (χ4n) is 2.02. The van der Waals surface area contributed by atoms with Crippen LogP contribution in [0.1, 0.15) is 36.5 Å². The monoisotopic (exact) mass is 299 g/mol. The molecule has 0 aromatic heterocycles. The Kier molecular flexibility index (Phi) is 3.82. The van der Waals surface area contributed by atoms with Gasteiger partial charge in [0.1, 0.15) is 5.82 Å². The van der Waals surface area contributed by atoms with Crippen molar-refractivity contribution in [3.8, 4) is 0 Å². The second-order valence-corrected chi connectivity index (χ2v) is 5.43. The van der Waals surface area contributed by atoms with E-state index in [0.717, 1.165) is 0 Å². The Morgan fingerprint density at radius 2 is 2.24 bits per heavy atom. The van der Waals surface area contributed by atoms with Gasteiger partial charge >= 0.3 is 0 Å². The Morgan fingerprint density at radius 3 is 2.76 bits per heavy atom. The van der Waals surface area contributed by atoms with Gasteiger partial charge in [-0.05, 0) is 59.8 Å². The summed E-state index contributed by atoms with van der Waals surface area (Å²) in [7, 11) is 0. The summed E-state index contributed by atoms with van der Waals surface area (Å²) in [5.41, 5.74) is 0.484. The van der Waals surface area contributed by atoms with E-state index < -0.39 is 0 Å². The highest BCUT2D eigenvalue weighted by Crippen LogP contribution is 2.29. The number of hydrogen-bond acceptors (Lipinski definition) is 1. The maximum atomic E-state index is 12.9. The number of rotatable bonds is 3. The molecule has 2 nitrogen and oxygen atoms in total. The van der Waals surface area contributed by atoms with Crippen molar-refractivity contribution in [3.05, 3.63) is 34.1 Å². The summed E-state index contributed by atoms with van der Waals surface area (Å²) < 4.78 is 13.4. The number of halogens is 2. The zero-order valence-corrected chi connectivity index (χ0v) is 11.3. The molecular formula is C13H15BrFNO. The number of amides is 1. The molecule has 1 unspecified atom stereocenters. The summed E-state index contributed by atoms with van der Waals surface area (Å²) in [4.78, 5) is 12.0. The summed E-state index contributed by atoms with van der Waals surface area (Å²) >= 11 is 3.20. The summed E-state index contributed by atoms with van der Waals surface area (Å²) in [5.74, 6) is 0.106. The first kappa shape index (κ1) is 12.6. The molecule has 92 valence electrons. The van der Waals surface area contributed by atoms with Gasteiger partial charge in [0.05, 0.1) is 5.56 Å². The zero-order chi connectivity index (χ0) is 12.4. The van der Waals surface area contributed by atoms with E-state index >= 15 is 0 Å². The predicted octanol–water partition coefficient (Wildman–Crippen LogP) is 3.51. The molecule has 0 saturated heterocycles. The van der Waals surface area contributed by atoms with Gasteiger partial charge in [-0.1, -0.05) is 6.42 Å². The van der Waals surface area contributed by atoms with E-state index in [4.69, 9.17) is 0 Å². The molecule has 1 saturated carbocycles. The normalized spacial score (nSPS) is 17.4. The van der Waals surface area contributed by atoms with Crippen LogP contribution < -0.4 is 5.32 Å². The first-order valence-electron chi connectivity index (χ1n) is 5.84. The van der Waals surface area contributed by atoms with Crippen molar-refractivity contribution in [1.29, 1.82) is 0 Å². The third-order valence-electron chi connectivity index (χ3n) is 3.39. The van der Waals surface area contributed by atoms with Crippen LogP contribution in [0.25, 0.3) is 0 Å². The molecule has 17 heavy (non-hydrogen) atoms. The highest BCUT2D eigenvalue weighted by molar-refractivity contribution is 9.10. The highest BCUT2D eigenvalue weighted by atomic mass is 79.9. The Bertz CT molecular complexity index is 431. The van der Waals surface area contributed by atoms with Crippen LogP contribution in [0.4, 0.5) is 4.39 Å². The van der Waals surface area contributed by atoms with Crippen molar-refractivity contribution in [3.63, 3.8) is 0 Å². The maximum absolute atomic E-state index is 12.9. The van der Waals surface area contributed by atoms with E-state index in [9.17, 15) is 9.18 Å². The predicted molar refractivity (Wildman–Crippen MR) is 68.4 cm³/mol. The van der Waals surface area contributed by atoms with Gasteiger partial charge in [0.15, 0.2) is 0 Å². The minimum Gasteiger partial charge on any atom is -0.349 e. The Labute approximate surface area is 109 Å². The molecule has 1 N–H and O–H groups in total. The number of carbonyl (C=O) groups is 1. The molecule has 1 aliphatic carbocycles. The molecule has 2 rings (SSSR count). The molecule has 0 spiro atoms. The van der Waals surface area contributed by atoms with E-state index in [-0.39, 0.29) is 17.8 Å². The minimum atomic E-state index is -0.347. The van der Waals surface area contributed by atoms with Gasteiger partial charge in [-0.3, -0.25) is 4.79 Å². The standard InChI is InChI=1S/C13H15BrFNO/c1-8(9-3-2-4-9)16-13(17)11-6-5-10(15)7-12(11)14/h5-9H,2-4H2,1H3,(H,16,17). The van der Waals surface area contributed by atoms with E-state index in [1.165, 1.54) is 37.5 Å². The van der Waals surface area contributed by atoms with Gasteiger partial charge in [0, 0.05) is 10.5 Å².